The Labute approximate surface area is 163 Å². The van der Waals surface area contributed by atoms with Crippen LogP contribution in [-0.4, -0.2) is 34.0 Å². The van der Waals surface area contributed by atoms with E-state index < -0.39 is 0 Å². The number of hydrogen-bond donors (Lipinski definition) is 2. The number of thiocarbonyl (C=S) groups is 1. The van der Waals surface area contributed by atoms with Gasteiger partial charge in [0.25, 0.3) is 0 Å². The van der Waals surface area contributed by atoms with Gasteiger partial charge in [-0.3, -0.25) is 4.68 Å². The summed E-state index contributed by atoms with van der Waals surface area (Å²) >= 11 is 7.02. The third-order valence-corrected chi connectivity index (χ3v) is 5.46. The fourth-order valence-corrected chi connectivity index (χ4v) is 3.70. The predicted molar refractivity (Wildman–Crippen MR) is 110 cm³/mol. The first-order valence-corrected chi connectivity index (χ1v) is 9.73. The number of aryl methyl sites for hydroxylation is 1. The summed E-state index contributed by atoms with van der Waals surface area (Å²) in [6.45, 7) is 9.19. The molecule has 0 saturated heterocycles. The van der Waals surface area contributed by atoms with Gasteiger partial charge in [-0.15, -0.1) is 11.3 Å². The molecule has 2 aromatic heterocycles. The van der Waals surface area contributed by atoms with Gasteiger partial charge in [-0.05, 0) is 36.2 Å². The van der Waals surface area contributed by atoms with Crippen LogP contribution in [-0.2, 0) is 17.7 Å². The molecule has 8 heteroatoms. The number of hydrogen-bond acceptors (Lipinski definition) is 5. The molecule has 2 N–H and O–H groups in total. The standard InChI is InChI=1S/C18H26N4O2S2/c1-6-12-10-13(16(23)24-5)15(26-12)21-17(25)20-14(18(2,3)4)11-22-9-7-8-19-22/h7-10,14H,6,11H2,1-5H3,(H2,20,21,25). The minimum absolute atomic E-state index is 0.0348. The quantitative estimate of drug-likeness (QED) is 0.575. The normalized spacial score (nSPS) is 12.5. The van der Waals surface area contributed by atoms with Crippen LogP contribution in [0.5, 0.6) is 0 Å². The van der Waals surface area contributed by atoms with Crippen LogP contribution in [0.25, 0.3) is 0 Å². The van der Waals surface area contributed by atoms with E-state index in [0.29, 0.717) is 22.2 Å². The molecular formula is C18H26N4O2S2. The number of rotatable bonds is 6. The average molecular weight is 395 g/mol. The van der Waals surface area contributed by atoms with Crippen molar-refractivity contribution in [3.63, 3.8) is 0 Å². The van der Waals surface area contributed by atoms with Crippen LogP contribution in [0.4, 0.5) is 5.00 Å². The number of nitrogens with one attached hydrogen (secondary N) is 2. The molecule has 1 unspecified atom stereocenters. The van der Waals surface area contributed by atoms with E-state index in [-0.39, 0.29) is 17.4 Å². The van der Waals surface area contributed by atoms with Crippen LogP contribution in [0.2, 0.25) is 0 Å². The molecular weight excluding hydrogens is 368 g/mol. The highest BCUT2D eigenvalue weighted by atomic mass is 32.1. The number of anilines is 1. The fraction of sp³-hybridized carbons (Fsp3) is 0.500. The Bertz CT molecular complexity index is 748. The van der Waals surface area contributed by atoms with E-state index in [4.69, 9.17) is 17.0 Å². The lowest BCUT2D eigenvalue weighted by atomic mass is 9.87. The number of nitrogens with zero attached hydrogens (tertiary/aromatic N) is 2. The van der Waals surface area contributed by atoms with Crippen molar-refractivity contribution in [1.29, 1.82) is 0 Å². The van der Waals surface area contributed by atoms with Gasteiger partial charge in [0.15, 0.2) is 5.11 Å². The molecule has 2 rings (SSSR count). The lowest BCUT2D eigenvalue weighted by molar-refractivity contribution is 0.0602. The van der Waals surface area contributed by atoms with Crippen LogP contribution >= 0.6 is 23.6 Å². The van der Waals surface area contributed by atoms with Crippen LogP contribution in [0, 0.1) is 5.41 Å². The molecule has 0 amide bonds. The predicted octanol–water partition coefficient (Wildman–Crippen LogP) is 3.69. The third-order valence-electron chi connectivity index (χ3n) is 4.04. The fourth-order valence-electron chi connectivity index (χ4n) is 2.40. The SMILES string of the molecule is CCc1cc(C(=O)OC)c(NC(=S)NC(Cn2cccn2)C(C)(C)C)s1. The van der Waals surface area contributed by atoms with Gasteiger partial charge in [-0.25, -0.2) is 4.79 Å². The van der Waals surface area contributed by atoms with Gasteiger partial charge in [-0.2, -0.15) is 5.10 Å². The Balaban J connectivity index is 2.13. The van der Waals surface area contributed by atoms with E-state index in [9.17, 15) is 4.79 Å². The number of aromatic nitrogens is 2. The van der Waals surface area contributed by atoms with Crippen molar-refractivity contribution >= 4 is 39.6 Å². The first kappa shape index (κ1) is 20.4. The van der Waals surface area contributed by atoms with Gasteiger partial charge in [-0.1, -0.05) is 27.7 Å². The summed E-state index contributed by atoms with van der Waals surface area (Å²) in [7, 11) is 1.38. The van der Waals surface area contributed by atoms with Gasteiger partial charge in [0.1, 0.15) is 5.00 Å². The first-order chi connectivity index (χ1) is 12.2. The van der Waals surface area contributed by atoms with Gasteiger partial charge < -0.3 is 15.4 Å². The van der Waals surface area contributed by atoms with Crippen molar-refractivity contribution in [2.75, 3.05) is 12.4 Å². The van der Waals surface area contributed by atoms with Crippen molar-refractivity contribution in [1.82, 2.24) is 15.1 Å². The molecule has 0 bridgehead atoms. The average Bonchev–Trinajstić information content (AvgIpc) is 3.22. The summed E-state index contributed by atoms with van der Waals surface area (Å²) in [5, 5.41) is 12.0. The van der Waals surface area contributed by atoms with E-state index in [0.717, 1.165) is 11.3 Å². The van der Waals surface area contributed by atoms with Crippen molar-refractivity contribution < 1.29 is 9.53 Å². The van der Waals surface area contributed by atoms with E-state index >= 15 is 0 Å². The molecule has 0 aliphatic carbocycles. The third kappa shape index (κ3) is 5.28. The second-order valence-electron chi connectivity index (χ2n) is 7.05. The summed E-state index contributed by atoms with van der Waals surface area (Å²) in [5.74, 6) is -0.366. The minimum Gasteiger partial charge on any atom is -0.465 e. The van der Waals surface area contributed by atoms with Crippen LogP contribution < -0.4 is 10.6 Å². The van der Waals surface area contributed by atoms with Crippen LogP contribution in [0.15, 0.2) is 24.5 Å². The molecule has 26 heavy (non-hydrogen) atoms. The summed E-state index contributed by atoms with van der Waals surface area (Å²) in [6.07, 6.45) is 4.54. The molecule has 0 aliphatic rings. The van der Waals surface area contributed by atoms with Gasteiger partial charge >= 0.3 is 5.97 Å². The van der Waals surface area contributed by atoms with Crippen molar-refractivity contribution in [2.24, 2.45) is 5.41 Å². The second kappa shape index (κ2) is 8.64. The molecule has 142 valence electrons. The van der Waals surface area contributed by atoms with Crippen molar-refractivity contribution in [3.05, 3.63) is 35.0 Å². The lowest BCUT2D eigenvalue weighted by Gasteiger charge is -2.32. The maximum atomic E-state index is 12.0. The molecule has 0 aliphatic heterocycles. The summed E-state index contributed by atoms with van der Waals surface area (Å²) in [5.41, 5.74) is 0.477. The highest BCUT2D eigenvalue weighted by Crippen LogP contribution is 2.29. The number of carbonyl (C=O) groups is 1. The number of ether oxygens (including phenoxy) is 1. The summed E-state index contributed by atoms with van der Waals surface area (Å²) in [4.78, 5) is 13.1. The maximum Gasteiger partial charge on any atom is 0.340 e. The molecule has 0 fully saturated rings. The highest BCUT2D eigenvalue weighted by Gasteiger charge is 2.26. The number of thiophene rings is 1. The molecule has 0 spiro atoms. The monoisotopic (exact) mass is 394 g/mol. The Kier molecular flexibility index (Phi) is 6.77. The molecule has 0 radical (unpaired) electrons. The highest BCUT2D eigenvalue weighted by molar-refractivity contribution is 7.80. The minimum atomic E-state index is -0.366. The largest absolute Gasteiger partial charge is 0.465 e. The lowest BCUT2D eigenvalue weighted by Crippen LogP contribution is -2.48. The topological polar surface area (TPSA) is 68.2 Å². The van der Waals surface area contributed by atoms with E-state index in [2.05, 4.69) is 36.5 Å². The van der Waals surface area contributed by atoms with Gasteiger partial charge in [0, 0.05) is 17.3 Å². The van der Waals surface area contributed by atoms with E-state index in [1.807, 2.05) is 29.9 Å². The smallest absolute Gasteiger partial charge is 0.340 e. The molecule has 0 saturated carbocycles. The van der Waals surface area contributed by atoms with Gasteiger partial charge in [0.05, 0.1) is 25.3 Å². The Hall–Kier alpha value is -1.93. The Morgan fingerprint density at radius 1 is 1.46 bits per heavy atom. The molecule has 6 nitrogen and oxygen atoms in total. The Morgan fingerprint density at radius 2 is 2.19 bits per heavy atom. The van der Waals surface area contributed by atoms with Gasteiger partial charge in [0.2, 0.25) is 0 Å². The van der Waals surface area contributed by atoms with Crippen LogP contribution in [0.3, 0.4) is 0 Å². The zero-order valence-electron chi connectivity index (χ0n) is 15.8. The molecule has 0 aromatic carbocycles. The number of esters is 1. The first-order valence-electron chi connectivity index (χ1n) is 8.50. The van der Waals surface area contributed by atoms with E-state index in [1.54, 1.807) is 6.20 Å². The van der Waals surface area contributed by atoms with Crippen molar-refractivity contribution in [3.8, 4) is 0 Å². The number of methoxy groups -OCH3 is 1. The molecule has 1 atom stereocenters. The second-order valence-corrected chi connectivity index (χ2v) is 8.59. The van der Waals surface area contributed by atoms with Crippen LogP contribution in [0.1, 0.15) is 42.9 Å². The zero-order chi connectivity index (χ0) is 19.3. The number of carbonyl (C=O) groups excluding carboxylic acids is 1. The maximum absolute atomic E-state index is 12.0. The summed E-state index contributed by atoms with van der Waals surface area (Å²) < 4.78 is 6.75. The molecule has 2 aromatic rings. The zero-order valence-corrected chi connectivity index (χ0v) is 17.5. The molecule has 2 heterocycles. The van der Waals surface area contributed by atoms with Crippen molar-refractivity contribution in [2.45, 2.75) is 46.7 Å². The van der Waals surface area contributed by atoms with E-state index in [1.165, 1.54) is 18.4 Å². The summed E-state index contributed by atoms with van der Waals surface area (Å²) in [6, 6.07) is 3.82. The Morgan fingerprint density at radius 3 is 2.73 bits per heavy atom.